The summed E-state index contributed by atoms with van der Waals surface area (Å²) in [7, 11) is 0. The van der Waals surface area contributed by atoms with Gasteiger partial charge in [0.15, 0.2) is 6.40 Å². The van der Waals surface area contributed by atoms with E-state index >= 15 is 0 Å². The minimum Gasteiger partial charge on any atom is -0.483 e. The standard InChI is InChI=1S/C27H34N2O4/c1-6-14-28-17-32-16-11-7-10-15-29-20(5)24(21-12-8-9-13-22(21)29)19(4)25-23(18(2)3)26(30)33-27(25)31/h8-9,12-13,17H,6-7,10-11,14-16H2,1-5H3. The number of para-hydroxylation sites is 1. The predicted octanol–water partition coefficient (Wildman–Crippen LogP) is 5.77. The molecule has 0 radical (unpaired) electrons. The van der Waals surface area contributed by atoms with E-state index in [0.717, 1.165) is 72.1 Å². The number of rotatable bonds is 10. The van der Waals surface area contributed by atoms with E-state index in [2.05, 4.69) is 35.5 Å². The molecule has 0 spiro atoms. The molecule has 1 saturated heterocycles. The number of hydrogen-bond acceptors (Lipinski definition) is 5. The normalized spacial score (nSPS) is 15.6. The zero-order valence-corrected chi connectivity index (χ0v) is 20.4. The Morgan fingerprint density at radius 1 is 1.06 bits per heavy atom. The fourth-order valence-electron chi connectivity index (χ4n) is 4.42. The first-order valence-corrected chi connectivity index (χ1v) is 11.7. The Morgan fingerprint density at radius 2 is 1.79 bits per heavy atom. The lowest BCUT2D eigenvalue weighted by atomic mass is 9.93. The Bertz CT molecular complexity index is 1130. The molecule has 6 heteroatoms. The van der Waals surface area contributed by atoms with Crippen molar-refractivity contribution in [2.45, 2.75) is 66.8 Å². The lowest BCUT2D eigenvalue weighted by Gasteiger charge is -2.10. The number of aromatic nitrogens is 1. The van der Waals surface area contributed by atoms with Crippen molar-refractivity contribution in [2.75, 3.05) is 13.2 Å². The lowest BCUT2D eigenvalue weighted by Crippen LogP contribution is -2.03. The van der Waals surface area contributed by atoms with Gasteiger partial charge in [-0.25, -0.2) is 9.59 Å². The molecule has 1 aromatic heterocycles. The lowest BCUT2D eigenvalue weighted by molar-refractivity contribution is -0.149. The second-order valence-corrected chi connectivity index (χ2v) is 8.62. The van der Waals surface area contributed by atoms with Crippen LogP contribution in [0.2, 0.25) is 0 Å². The van der Waals surface area contributed by atoms with Crippen LogP contribution in [-0.2, 0) is 25.6 Å². The molecule has 1 fully saturated rings. The number of nitrogens with zero attached hydrogens (tertiary/aromatic N) is 2. The number of hydrogen-bond donors (Lipinski definition) is 0. The number of cyclic esters (lactones) is 2. The van der Waals surface area contributed by atoms with Gasteiger partial charge in [-0.3, -0.25) is 4.99 Å². The third kappa shape index (κ3) is 5.27. The van der Waals surface area contributed by atoms with Crippen LogP contribution in [0.1, 0.15) is 64.6 Å². The molecular formula is C27H34N2O4. The molecule has 0 unspecified atom stereocenters. The van der Waals surface area contributed by atoms with Crippen molar-refractivity contribution >= 4 is 34.8 Å². The molecule has 1 aliphatic rings. The summed E-state index contributed by atoms with van der Waals surface area (Å²) in [4.78, 5) is 29.0. The van der Waals surface area contributed by atoms with Crippen LogP contribution in [0.5, 0.6) is 0 Å². The third-order valence-electron chi connectivity index (χ3n) is 5.97. The first kappa shape index (κ1) is 24.5. The monoisotopic (exact) mass is 450 g/mol. The SMILES string of the molecule is CCCN=COCCCCCn1c(C)c(C(C)=C2C(=O)OC(=O)C2=C(C)C)c2ccccc21. The number of allylic oxidation sites excluding steroid dienone is 2. The van der Waals surface area contributed by atoms with Crippen LogP contribution in [0.4, 0.5) is 0 Å². The van der Waals surface area contributed by atoms with Crippen LogP contribution in [0.25, 0.3) is 16.5 Å². The molecule has 2 aromatic rings. The van der Waals surface area contributed by atoms with Crippen molar-refractivity contribution in [3.05, 3.63) is 52.2 Å². The quantitative estimate of drug-likeness (QED) is 0.115. The zero-order valence-electron chi connectivity index (χ0n) is 20.4. The van der Waals surface area contributed by atoms with Crippen molar-refractivity contribution in [3.63, 3.8) is 0 Å². The van der Waals surface area contributed by atoms with Gasteiger partial charge in [0, 0.05) is 35.2 Å². The average Bonchev–Trinajstić information content (AvgIpc) is 3.24. The fraction of sp³-hybridized carbons (Fsp3) is 0.444. The Morgan fingerprint density at radius 3 is 2.52 bits per heavy atom. The van der Waals surface area contributed by atoms with Crippen LogP contribution in [0.3, 0.4) is 0 Å². The molecule has 1 aliphatic heterocycles. The molecule has 2 heterocycles. The Hall–Kier alpha value is -3.15. The summed E-state index contributed by atoms with van der Waals surface area (Å²) in [6.45, 7) is 12.1. The number of aryl methyl sites for hydroxylation is 1. The van der Waals surface area contributed by atoms with Gasteiger partial charge in [0.05, 0.1) is 17.8 Å². The number of carbonyl (C=O) groups excluding carboxylic acids is 2. The number of aliphatic imine (C=N–C) groups is 1. The Kier molecular flexibility index (Phi) is 8.26. The van der Waals surface area contributed by atoms with E-state index in [1.807, 2.05) is 32.9 Å². The van der Waals surface area contributed by atoms with Gasteiger partial charge in [-0.2, -0.15) is 0 Å². The van der Waals surface area contributed by atoms with Crippen molar-refractivity contribution in [3.8, 4) is 0 Å². The molecule has 0 N–H and O–H groups in total. The zero-order chi connectivity index (χ0) is 24.0. The number of ether oxygens (including phenoxy) is 2. The smallest absolute Gasteiger partial charge is 0.347 e. The summed E-state index contributed by atoms with van der Waals surface area (Å²) in [5.74, 6) is -1.12. The van der Waals surface area contributed by atoms with E-state index in [-0.39, 0.29) is 0 Å². The van der Waals surface area contributed by atoms with E-state index < -0.39 is 11.9 Å². The van der Waals surface area contributed by atoms with Crippen LogP contribution >= 0.6 is 0 Å². The second-order valence-electron chi connectivity index (χ2n) is 8.62. The maximum Gasteiger partial charge on any atom is 0.347 e. The first-order valence-electron chi connectivity index (χ1n) is 11.7. The topological polar surface area (TPSA) is 69.9 Å². The molecule has 33 heavy (non-hydrogen) atoms. The van der Waals surface area contributed by atoms with Gasteiger partial charge in [0.25, 0.3) is 0 Å². The van der Waals surface area contributed by atoms with Crippen LogP contribution in [0.15, 0.2) is 46.0 Å². The molecule has 3 rings (SSSR count). The molecule has 1 aromatic carbocycles. The minimum atomic E-state index is -0.563. The molecule has 0 atom stereocenters. The molecule has 0 amide bonds. The summed E-state index contributed by atoms with van der Waals surface area (Å²) in [6, 6.07) is 8.22. The van der Waals surface area contributed by atoms with E-state index in [9.17, 15) is 9.59 Å². The Labute approximate surface area is 196 Å². The first-order chi connectivity index (χ1) is 15.9. The predicted molar refractivity (Wildman–Crippen MR) is 132 cm³/mol. The molecule has 0 saturated carbocycles. The van der Waals surface area contributed by atoms with Gasteiger partial charge in [-0.15, -0.1) is 0 Å². The van der Waals surface area contributed by atoms with E-state index in [1.54, 1.807) is 6.40 Å². The molecular weight excluding hydrogens is 416 g/mol. The van der Waals surface area contributed by atoms with Crippen LogP contribution < -0.4 is 0 Å². The van der Waals surface area contributed by atoms with Gasteiger partial charge in [0.2, 0.25) is 0 Å². The highest BCUT2D eigenvalue weighted by Crippen LogP contribution is 2.38. The summed E-state index contributed by atoms with van der Waals surface area (Å²) in [6.07, 6.45) is 5.63. The summed E-state index contributed by atoms with van der Waals surface area (Å²) >= 11 is 0. The highest BCUT2D eigenvalue weighted by Gasteiger charge is 2.37. The van der Waals surface area contributed by atoms with Crippen molar-refractivity contribution < 1.29 is 19.1 Å². The van der Waals surface area contributed by atoms with Crippen molar-refractivity contribution in [1.82, 2.24) is 4.57 Å². The van der Waals surface area contributed by atoms with Crippen LogP contribution in [-0.4, -0.2) is 36.1 Å². The van der Waals surface area contributed by atoms with Crippen molar-refractivity contribution in [1.29, 1.82) is 0 Å². The number of carbonyl (C=O) groups is 2. The largest absolute Gasteiger partial charge is 0.483 e. The molecule has 176 valence electrons. The average molecular weight is 451 g/mol. The maximum absolute atomic E-state index is 12.6. The molecule has 6 nitrogen and oxygen atoms in total. The second kappa shape index (κ2) is 11.1. The molecule has 0 aliphatic carbocycles. The maximum atomic E-state index is 12.6. The third-order valence-corrected chi connectivity index (χ3v) is 5.97. The van der Waals surface area contributed by atoms with Gasteiger partial charge in [-0.1, -0.05) is 30.7 Å². The van der Waals surface area contributed by atoms with E-state index in [0.29, 0.717) is 17.8 Å². The minimum absolute atomic E-state index is 0.382. The summed E-state index contributed by atoms with van der Waals surface area (Å²) < 4.78 is 12.7. The van der Waals surface area contributed by atoms with Gasteiger partial charge >= 0.3 is 11.9 Å². The molecule has 0 bridgehead atoms. The number of benzene rings is 1. The highest BCUT2D eigenvalue weighted by molar-refractivity contribution is 6.22. The summed E-state index contributed by atoms with van der Waals surface area (Å²) in [5.41, 5.74) is 5.55. The fourth-order valence-corrected chi connectivity index (χ4v) is 4.42. The van der Waals surface area contributed by atoms with Crippen molar-refractivity contribution in [2.24, 2.45) is 4.99 Å². The summed E-state index contributed by atoms with van der Waals surface area (Å²) in [5, 5.41) is 1.08. The number of fused-ring (bicyclic) bond motifs is 1. The van der Waals surface area contributed by atoms with Gasteiger partial charge in [-0.05, 0) is 65.0 Å². The van der Waals surface area contributed by atoms with Gasteiger partial charge in [0.1, 0.15) is 0 Å². The van der Waals surface area contributed by atoms with E-state index in [1.165, 1.54) is 0 Å². The van der Waals surface area contributed by atoms with Crippen LogP contribution in [0, 0.1) is 6.92 Å². The number of unbranched alkanes of at least 4 members (excludes halogenated alkanes) is 2. The number of esters is 2. The van der Waals surface area contributed by atoms with E-state index in [4.69, 9.17) is 9.47 Å². The highest BCUT2D eigenvalue weighted by atomic mass is 16.6. The van der Waals surface area contributed by atoms with Gasteiger partial charge < -0.3 is 14.0 Å². The Balaban J connectivity index is 1.84.